The molecule has 3 rings (SSSR count). The van der Waals surface area contributed by atoms with Crippen molar-refractivity contribution in [3.63, 3.8) is 0 Å². The molecule has 0 saturated heterocycles. The molecule has 18 heavy (non-hydrogen) atoms. The number of nitrogen functional groups attached to an aromatic ring is 1. The molecule has 0 aliphatic rings. The maximum Gasteiger partial charge on any atom is 0.140 e. The summed E-state index contributed by atoms with van der Waals surface area (Å²) in [6, 6.07) is 14.1. The SMILES string of the molecule is Cc1ccc2c(c1)nc(-c1cccc(N)c1)n2C. The molecule has 3 aromatic rings. The van der Waals surface area contributed by atoms with Crippen LogP contribution >= 0.6 is 0 Å². The van der Waals surface area contributed by atoms with Crippen molar-refractivity contribution < 1.29 is 0 Å². The lowest BCUT2D eigenvalue weighted by molar-refractivity contribution is 0.959. The van der Waals surface area contributed by atoms with Gasteiger partial charge in [0.1, 0.15) is 5.82 Å². The van der Waals surface area contributed by atoms with Crippen LogP contribution in [0.4, 0.5) is 5.69 Å². The zero-order chi connectivity index (χ0) is 12.7. The van der Waals surface area contributed by atoms with Gasteiger partial charge in [-0.3, -0.25) is 0 Å². The van der Waals surface area contributed by atoms with Gasteiger partial charge >= 0.3 is 0 Å². The van der Waals surface area contributed by atoms with Crippen LogP contribution in [-0.4, -0.2) is 9.55 Å². The molecule has 0 spiro atoms. The number of aryl methyl sites for hydroxylation is 2. The molecule has 3 nitrogen and oxygen atoms in total. The monoisotopic (exact) mass is 237 g/mol. The van der Waals surface area contributed by atoms with Gasteiger partial charge in [0.05, 0.1) is 11.0 Å². The molecule has 2 aromatic carbocycles. The minimum Gasteiger partial charge on any atom is -0.399 e. The molecule has 0 aliphatic carbocycles. The first kappa shape index (κ1) is 10.8. The number of imidazole rings is 1. The Hall–Kier alpha value is -2.29. The van der Waals surface area contributed by atoms with Crippen molar-refractivity contribution in [2.45, 2.75) is 6.92 Å². The number of hydrogen-bond acceptors (Lipinski definition) is 2. The molecule has 0 saturated carbocycles. The maximum absolute atomic E-state index is 5.83. The smallest absolute Gasteiger partial charge is 0.140 e. The topological polar surface area (TPSA) is 43.8 Å². The summed E-state index contributed by atoms with van der Waals surface area (Å²) < 4.78 is 2.10. The van der Waals surface area contributed by atoms with Crippen LogP contribution in [0, 0.1) is 6.92 Å². The Morgan fingerprint density at radius 1 is 1.11 bits per heavy atom. The summed E-state index contributed by atoms with van der Waals surface area (Å²) in [6.07, 6.45) is 0. The Bertz CT molecular complexity index is 726. The third-order valence-electron chi connectivity index (χ3n) is 3.18. The Balaban J connectivity index is 2.27. The van der Waals surface area contributed by atoms with Crippen LogP contribution in [0.15, 0.2) is 42.5 Å². The molecule has 1 heterocycles. The predicted molar refractivity (Wildman–Crippen MR) is 75.3 cm³/mol. The van der Waals surface area contributed by atoms with E-state index in [-0.39, 0.29) is 0 Å². The van der Waals surface area contributed by atoms with Crippen LogP contribution in [0.3, 0.4) is 0 Å². The van der Waals surface area contributed by atoms with Crippen molar-refractivity contribution >= 4 is 16.7 Å². The summed E-state index contributed by atoms with van der Waals surface area (Å²) in [4.78, 5) is 4.69. The molecular weight excluding hydrogens is 222 g/mol. The molecule has 90 valence electrons. The summed E-state index contributed by atoms with van der Waals surface area (Å²) in [5.74, 6) is 0.947. The Labute approximate surface area is 106 Å². The average Bonchev–Trinajstić information content (AvgIpc) is 2.66. The highest BCUT2D eigenvalue weighted by molar-refractivity contribution is 5.81. The van der Waals surface area contributed by atoms with E-state index < -0.39 is 0 Å². The van der Waals surface area contributed by atoms with Gasteiger partial charge in [0, 0.05) is 18.3 Å². The Morgan fingerprint density at radius 2 is 1.94 bits per heavy atom. The molecule has 0 fully saturated rings. The van der Waals surface area contributed by atoms with E-state index in [1.807, 2.05) is 31.3 Å². The number of nitrogens with two attached hydrogens (primary N) is 1. The number of aromatic nitrogens is 2. The molecular formula is C15H15N3. The summed E-state index contributed by atoms with van der Waals surface area (Å²) in [7, 11) is 2.03. The van der Waals surface area contributed by atoms with E-state index >= 15 is 0 Å². The van der Waals surface area contributed by atoms with E-state index in [9.17, 15) is 0 Å². The highest BCUT2D eigenvalue weighted by atomic mass is 15.1. The number of anilines is 1. The lowest BCUT2D eigenvalue weighted by Gasteiger charge is -2.03. The largest absolute Gasteiger partial charge is 0.399 e. The van der Waals surface area contributed by atoms with Crippen molar-refractivity contribution in [3.8, 4) is 11.4 Å². The van der Waals surface area contributed by atoms with Crippen molar-refractivity contribution in [2.24, 2.45) is 7.05 Å². The van der Waals surface area contributed by atoms with Crippen molar-refractivity contribution in [3.05, 3.63) is 48.0 Å². The Morgan fingerprint density at radius 3 is 2.72 bits per heavy atom. The number of fused-ring (bicyclic) bond motifs is 1. The molecule has 2 N–H and O–H groups in total. The zero-order valence-electron chi connectivity index (χ0n) is 10.5. The molecule has 0 atom stereocenters. The average molecular weight is 237 g/mol. The van der Waals surface area contributed by atoms with E-state index in [1.165, 1.54) is 5.56 Å². The first-order valence-electron chi connectivity index (χ1n) is 5.94. The molecule has 0 radical (unpaired) electrons. The van der Waals surface area contributed by atoms with E-state index in [1.54, 1.807) is 0 Å². The molecule has 0 unspecified atom stereocenters. The van der Waals surface area contributed by atoms with Crippen LogP contribution < -0.4 is 5.73 Å². The van der Waals surface area contributed by atoms with Crippen molar-refractivity contribution in [2.75, 3.05) is 5.73 Å². The van der Waals surface area contributed by atoms with Crippen molar-refractivity contribution in [1.29, 1.82) is 0 Å². The summed E-state index contributed by atoms with van der Waals surface area (Å²) in [5.41, 5.74) is 11.0. The summed E-state index contributed by atoms with van der Waals surface area (Å²) in [5, 5.41) is 0. The molecule has 1 aromatic heterocycles. The molecule has 0 aliphatic heterocycles. The van der Waals surface area contributed by atoms with Gasteiger partial charge in [-0.1, -0.05) is 18.2 Å². The second kappa shape index (κ2) is 3.88. The summed E-state index contributed by atoms with van der Waals surface area (Å²) >= 11 is 0. The van der Waals surface area contributed by atoms with Gasteiger partial charge in [-0.2, -0.15) is 0 Å². The molecule has 3 heteroatoms. The second-order valence-electron chi connectivity index (χ2n) is 4.61. The quantitative estimate of drug-likeness (QED) is 0.661. The van der Waals surface area contributed by atoms with E-state index in [2.05, 4.69) is 29.7 Å². The minimum absolute atomic E-state index is 0.760. The predicted octanol–water partition coefficient (Wildman–Crippen LogP) is 3.13. The number of benzene rings is 2. The van der Waals surface area contributed by atoms with Gasteiger partial charge in [-0.25, -0.2) is 4.98 Å². The first-order chi connectivity index (χ1) is 8.65. The zero-order valence-corrected chi connectivity index (χ0v) is 10.5. The number of hydrogen-bond donors (Lipinski definition) is 1. The van der Waals surface area contributed by atoms with Gasteiger partial charge in [0.25, 0.3) is 0 Å². The van der Waals surface area contributed by atoms with Crippen LogP contribution in [0.1, 0.15) is 5.56 Å². The van der Waals surface area contributed by atoms with Gasteiger partial charge in [-0.15, -0.1) is 0 Å². The van der Waals surface area contributed by atoms with Crippen LogP contribution in [0.2, 0.25) is 0 Å². The summed E-state index contributed by atoms with van der Waals surface area (Å²) in [6.45, 7) is 2.08. The van der Waals surface area contributed by atoms with Gasteiger partial charge in [0.15, 0.2) is 0 Å². The van der Waals surface area contributed by atoms with Gasteiger partial charge < -0.3 is 10.3 Å². The fourth-order valence-electron chi connectivity index (χ4n) is 2.25. The third-order valence-corrected chi connectivity index (χ3v) is 3.18. The maximum atomic E-state index is 5.83. The van der Waals surface area contributed by atoms with E-state index in [0.717, 1.165) is 28.1 Å². The fourth-order valence-corrected chi connectivity index (χ4v) is 2.25. The van der Waals surface area contributed by atoms with E-state index in [0.29, 0.717) is 0 Å². The third kappa shape index (κ3) is 1.64. The highest BCUT2D eigenvalue weighted by Gasteiger charge is 2.09. The molecule has 0 bridgehead atoms. The lowest BCUT2D eigenvalue weighted by Crippen LogP contribution is -1.93. The second-order valence-corrected chi connectivity index (χ2v) is 4.61. The minimum atomic E-state index is 0.760. The van der Waals surface area contributed by atoms with Crippen LogP contribution in [-0.2, 0) is 7.05 Å². The molecule has 0 amide bonds. The number of rotatable bonds is 1. The van der Waals surface area contributed by atoms with E-state index in [4.69, 9.17) is 10.7 Å². The van der Waals surface area contributed by atoms with Gasteiger partial charge in [-0.05, 0) is 36.8 Å². The number of nitrogens with zero attached hydrogens (tertiary/aromatic N) is 2. The highest BCUT2D eigenvalue weighted by Crippen LogP contribution is 2.25. The lowest BCUT2D eigenvalue weighted by atomic mass is 10.2. The van der Waals surface area contributed by atoms with Crippen molar-refractivity contribution in [1.82, 2.24) is 9.55 Å². The standard InChI is InChI=1S/C15H15N3/c1-10-6-7-14-13(8-10)17-15(18(14)2)11-4-3-5-12(16)9-11/h3-9H,16H2,1-2H3. The fraction of sp³-hybridized carbons (Fsp3) is 0.133. The van der Waals surface area contributed by atoms with Crippen LogP contribution in [0.25, 0.3) is 22.4 Å². The normalized spacial score (nSPS) is 11.0. The first-order valence-corrected chi connectivity index (χ1v) is 5.94. The van der Waals surface area contributed by atoms with Crippen LogP contribution in [0.5, 0.6) is 0 Å². The van der Waals surface area contributed by atoms with Gasteiger partial charge in [0.2, 0.25) is 0 Å². The Kier molecular flexibility index (Phi) is 2.33.